The van der Waals surface area contributed by atoms with Crippen LogP contribution in [0, 0.1) is 11.8 Å². The van der Waals surface area contributed by atoms with Gasteiger partial charge < -0.3 is 14.2 Å². The molecule has 0 aromatic heterocycles. The summed E-state index contributed by atoms with van der Waals surface area (Å²) in [5.74, 6) is 0.974. The van der Waals surface area contributed by atoms with Gasteiger partial charge in [0, 0.05) is 13.1 Å². The topological polar surface area (TPSA) is 21.7 Å². The normalized spacial score (nSPS) is 38.4. The van der Waals surface area contributed by atoms with Crippen LogP contribution >= 0.6 is 0 Å². The first-order valence-electron chi connectivity index (χ1n) is 7.64. The van der Waals surface area contributed by atoms with Crippen molar-refractivity contribution < 1.29 is 13.7 Å². The first kappa shape index (κ1) is 14.5. The summed E-state index contributed by atoms with van der Waals surface area (Å²) in [4.78, 5) is 2.30. The minimum Gasteiger partial charge on any atom is -0.398 e. The number of halogens is 1. The Balaban J connectivity index is 1.83. The fourth-order valence-corrected chi connectivity index (χ4v) is 3.69. The molecular formula is C15H25BFNO2. The van der Waals surface area contributed by atoms with Crippen molar-refractivity contribution in [2.75, 3.05) is 20.1 Å². The average molecular weight is 281 g/mol. The molecule has 2 aliphatic heterocycles. The minimum atomic E-state index is -0.820. The molecule has 0 amide bonds. The largest absolute Gasteiger partial charge is 0.525 e. The Hall–Kier alpha value is -0.385. The van der Waals surface area contributed by atoms with E-state index in [2.05, 4.69) is 11.9 Å². The highest BCUT2D eigenvalue weighted by molar-refractivity contribution is 6.53. The molecule has 2 saturated heterocycles. The predicted octanol–water partition coefficient (Wildman–Crippen LogP) is 2.81. The van der Waals surface area contributed by atoms with Crippen molar-refractivity contribution in [2.45, 2.75) is 51.7 Å². The molecule has 3 fully saturated rings. The molecule has 20 heavy (non-hydrogen) atoms. The monoisotopic (exact) mass is 281 g/mol. The fourth-order valence-electron chi connectivity index (χ4n) is 3.69. The third-order valence-electron chi connectivity index (χ3n) is 5.62. The second-order valence-electron chi connectivity index (χ2n) is 7.59. The molecule has 2 unspecified atom stereocenters. The summed E-state index contributed by atoms with van der Waals surface area (Å²) in [5, 5.41) is 0. The predicted molar refractivity (Wildman–Crippen MR) is 77.9 cm³/mol. The van der Waals surface area contributed by atoms with Gasteiger partial charge in [-0.15, -0.1) is 0 Å². The summed E-state index contributed by atoms with van der Waals surface area (Å²) in [6, 6.07) is 0. The Morgan fingerprint density at radius 1 is 1.20 bits per heavy atom. The van der Waals surface area contributed by atoms with E-state index in [1.165, 1.54) is 0 Å². The van der Waals surface area contributed by atoms with Crippen LogP contribution in [0.2, 0.25) is 0 Å². The molecule has 0 bridgehead atoms. The fraction of sp³-hybridized carbons (Fsp3) is 0.867. The summed E-state index contributed by atoms with van der Waals surface area (Å²) < 4.78 is 26.6. The molecule has 3 rings (SSSR count). The highest BCUT2D eigenvalue weighted by atomic mass is 19.1. The van der Waals surface area contributed by atoms with Crippen LogP contribution in [-0.2, 0) is 9.31 Å². The van der Waals surface area contributed by atoms with Crippen molar-refractivity contribution in [1.29, 1.82) is 0 Å². The van der Waals surface area contributed by atoms with Crippen LogP contribution in [0.5, 0.6) is 0 Å². The zero-order valence-corrected chi connectivity index (χ0v) is 13.2. The van der Waals surface area contributed by atoms with E-state index in [0.717, 1.165) is 31.5 Å². The maximum atomic E-state index is 14.9. The molecule has 0 aromatic carbocycles. The van der Waals surface area contributed by atoms with Crippen molar-refractivity contribution >= 4 is 7.12 Å². The lowest BCUT2D eigenvalue weighted by Crippen LogP contribution is -2.41. The first-order chi connectivity index (χ1) is 9.21. The van der Waals surface area contributed by atoms with Crippen LogP contribution in [0.25, 0.3) is 0 Å². The maximum Gasteiger partial charge on any atom is 0.525 e. The Morgan fingerprint density at radius 2 is 1.80 bits per heavy atom. The average Bonchev–Trinajstić information content (AvgIpc) is 2.90. The second kappa shape index (κ2) is 4.55. The number of fused-ring (bicyclic) bond motifs is 1. The minimum absolute atomic E-state index is 0.161. The molecule has 0 N–H and O–H groups in total. The molecule has 1 aliphatic carbocycles. The van der Waals surface area contributed by atoms with Gasteiger partial charge in [0.15, 0.2) is 0 Å². The van der Waals surface area contributed by atoms with E-state index in [0.29, 0.717) is 11.8 Å². The van der Waals surface area contributed by atoms with Crippen molar-refractivity contribution in [3.05, 3.63) is 11.3 Å². The summed E-state index contributed by atoms with van der Waals surface area (Å²) in [6.45, 7) is 9.91. The van der Waals surface area contributed by atoms with E-state index in [1.54, 1.807) is 0 Å². The van der Waals surface area contributed by atoms with E-state index < -0.39 is 18.3 Å². The summed E-state index contributed by atoms with van der Waals surface area (Å²) >= 11 is 0. The number of likely N-dealkylation sites (tertiary alicyclic amines) is 1. The van der Waals surface area contributed by atoms with E-state index in [-0.39, 0.29) is 5.73 Å². The number of rotatable bonds is 1. The van der Waals surface area contributed by atoms with Gasteiger partial charge >= 0.3 is 7.12 Å². The zero-order valence-electron chi connectivity index (χ0n) is 13.2. The van der Waals surface area contributed by atoms with Crippen LogP contribution in [0.1, 0.15) is 40.5 Å². The van der Waals surface area contributed by atoms with Gasteiger partial charge in [-0.1, -0.05) is 0 Å². The zero-order chi connectivity index (χ0) is 14.7. The van der Waals surface area contributed by atoms with Gasteiger partial charge in [0.1, 0.15) is 5.73 Å². The highest BCUT2D eigenvalue weighted by Crippen LogP contribution is 2.46. The maximum absolute atomic E-state index is 14.9. The molecule has 0 aromatic rings. The standard InChI is InChI=1S/C15H25BFNO2/c1-14(2)15(3,4)20-16(19-14)13(17)11-7-6-10-8-18(5)9-12(10)11/h10,12H,6-9H2,1-5H3. The lowest BCUT2D eigenvalue weighted by molar-refractivity contribution is 0.00578. The smallest absolute Gasteiger partial charge is 0.398 e. The highest BCUT2D eigenvalue weighted by Gasteiger charge is 2.54. The van der Waals surface area contributed by atoms with Gasteiger partial charge in [-0.05, 0) is 65.0 Å². The van der Waals surface area contributed by atoms with Gasteiger partial charge in [0.2, 0.25) is 0 Å². The molecule has 5 heteroatoms. The summed E-state index contributed by atoms with van der Waals surface area (Å²) in [5.41, 5.74) is -0.163. The Kier molecular flexibility index (Phi) is 3.31. The molecule has 0 spiro atoms. The van der Waals surface area contributed by atoms with Crippen LogP contribution in [0.15, 0.2) is 11.3 Å². The van der Waals surface area contributed by atoms with Crippen molar-refractivity contribution in [2.24, 2.45) is 11.8 Å². The third-order valence-corrected chi connectivity index (χ3v) is 5.62. The molecule has 0 radical (unpaired) electrons. The Bertz CT molecular complexity index is 433. The molecule has 3 aliphatic rings. The summed E-state index contributed by atoms with van der Waals surface area (Å²) in [6.07, 6.45) is 1.95. The van der Waals surface area contributed by atoms with E-state index >= 15 is 0 Å². The number of hydrogen-bond donors (Lipinski definition) is 0. The van der Waals surface area contributed by atoms with Crippen LogP contribution in [0.3, 0.4) is 0 Å². The van der Waals surface area contributed by atoms with Crippen molar-refractivity contribution in [3.63, 3.8) is 0 Å². The number of hydrogen-bond acceptors (Lipinski definition) is 3. The number of nitrogens with zero attached hydrogens (tertiary/aromatic N) is 1. The molecule has 1 saturated carbocycles. The van der Waals surface area contributed by atoms with Gasteiger partial charge in [-0.25, -0.2) is 4.39 Å². The molecule has 2 heterocycles. The second-order valence-corrected chi connectivity index (χ2v) is 7.59. The Morgan fingerprint density at radius 3 is 2.40 bits per heavy atom. The van der Waals surface area contributed by atoms with Crippen LogP contribution < -0.4 is 0 Å². The molecule has 112 valence electrons. The van der Waals surface area contributed by atoms with Gasteiger partial charge in [-0.2, -0.15) is 0 Å². The summed E-state index contributed by atoms with van der Waals surface area (Å²) in [7, 11) is 1.29. The third kappa shape index (κ3) is 2.14. The lowest BCUT2D eigenvalue weighted by atomic mass is 9.81. The van der Waals surface area contributed by atoms with Gasteiger partial charge in [-0.3, -0.25) is 0 Å². The van der Waals surface area contributed by atoms with Crippen molar-refractivity contribution in [1.82, 2.24) is 4.90 Å². The van der Waals surface area contributed by atoms with E-state index in [9.17, 15) is 4.39 Å². The molecule has 2 atom stereocenters. The van der Waals surface area contributed by atoms with E-state index in [4.69, 9.17) is 9.31 Å². The Labute approximate surface area is 121 Å². The molecular weight excluding hydrogens is 256 g/mol. The van der Waals surface area contributed by atoms with Crippen molar-refractivity contribution in [3.8, 4) is 0 Å². The molecule has 3 nitrogen and oxygen atoms in total. The SMILES string of the molecule is CN1CC2CCC(=C(F)B3OC(C)(C)C(C)(C)O3)C2C1. The van der Waals surface area contributed by atoms with Gasteiger partial charge in [0.05, 0.1) is 11.2 Å². The lowest BCUT2D eigenvalue weighted by Gasteiger charge is -2.32. The van der Waals surface area contributed by atoms with Crippen LogP contribution in [-0.4, -0.2) is 43.4 Å². The van der Waals surface area contributed by atoms with Crippen LogP contribution in [0.4, 0.5) is 4.39 Å². The van der Waals surface area contributed by atoms with Gasteiger partial charge in [0.25, 0.3) is 0 Å². The van der Waals surface area contributed by atoms with E-state index in [1.807, 2.05) is 27.7 Å². The first-order valence-corrected chi connectivity index (χ1v) is 7.64. The quantitative estimate of drug-likeness (QED) is 0.690.